The van der Waals surface area contributed by atoms with Crippen LogP contribution in [0.3, 0.4) is 0 Å². The van der Waals surface area contributed by atoms with Crippen LogP contribution in [-0.4, -0.2) is 20.5 Å². The predicted molar refractivity (Wildman–Crippen MR) is 95.6 cm³/mol. The molecule has 5 nitrogen and oxygen atoms in total. The van der Waals surface area contributed by atoms with Crippen molar-refractivity contribution in [2.45, 2.75) is 4.90 Å². The molecule has 0 atom stereocenters. The first-order chi connectivity index (χ1) is 11.4. The van der Waals surface area contributed by atoms with E-state index in [-0.39, 0.29) is 14.9 Å². The Labute approximate surface area is 149 Å². The quantitative estimate of drug-likeness (QED) is 0.727. The summed E-state index contributed by atoms with van der Waals surface area (Å²) in [7, 11) is -2.44. The number of sulfonamides is 1. The summed E-state index contributed by atoms with van der Waals surface area (Å²) < 4.78 is 33.1. The summed E-state index contributed by atoms with van der Waals surface area (Å²) in [6.45, 7) is 0. The van der Waals surface area contributed by atoms with Crippen molar-refractivity contribution in [2.75, 3.05) is 11.8 Å². The standard InChI is InChI=1S/C16H12Cl2N2O3S/c1-23-12-7-10-3-2-6-19-16(10)14(9-12)20-24(21,22)15-8-11(17)4-5-13(15)18/h2-9,20H,1H3. The lowest BCUT2D eigenvalue weighted by Gasteiger charge is -2.13. The minimum absolute atomic E-state index is 0.0760. The van der Waals surface area contributed by atoms with Gasteiger partial charge in [0.15, 0.2) is 0 Å². The van der Waals surface area contributed by atoms with Crippen LogP contribution >= 0.6 is 23.2 Å². The lowest BCUT2D eigenvalue weighted by molar-refractivity contribution is 0.415. The molecule has 3 rings (SSSR count). The zero-order valence-electron chi connectivity index (χ0n) is 12.5. The molecular formula is C16H12Cl2N2O3S. The third-order valence-electron chi connectivity index (χ3n) is 3.34. The first kappa shape index (κ1) is 16.8. The maximum absolute atomic E-state index is 12.7. The van der Waals surface area contributed by atoms with E-state index in [2.05, 4.69) is 9.71 Å². The number of pyridine rings is 1. The van der Waals surface area contributed by atoms with Crippen molar-refractivity contribution >= 4 is 49.8 Å². The van der Waals surface area contributed by atoms with Crippen LogP contribution in [0.5, 0.6) is 5.75 Å². The largest absolute Gasteiger partial charge is 0.497 e. The Bertz CT molecular complexity index is 1020. The summed E-state index contributed by atoms with van der Waals surface area (Å²) >= 11 is 11.9. The molecule has 0 aliphatic rings. The van der Waals surface area contributed by atoms with Gasteiger partial charge in [0.1, 0.15) is 10.6 Å². The van der Waals surface area contributed by atoms with Gasteiger partial charge < -0.3 is 4.74 Å². The topological polar surface area (TPSA) is 68.3 Å². The zero-order valence-corrected chi connectivity index (χ0v) is 14.8. The number of hydrogen-bond acceptors (Lipinski definition) is 4. The number of nitrogens with one attached hydrogen (secondary N) is 1. The van der Waals surface area contributed by atoms with Crippen molar-refractivity contribution in [1.29, 1.82) is 0 Å². The second kappa shape index (κ2) is 6.47. The average molecular weight is 383 g/mol. The van der Waals surface area contributed by atoms with Crippen molar-refractivity contribution < 1.29 is 13.2 Å². The Morgan fingerprint density at radius 3 is 2.67 bits per heavy atom. The lowest BCUT2D eigenvalue weighted by Crippen LogP contribution is -2.14. The maximum atomic E-state index is 12.7. The molecule has 3 aromatic rings. The summed E-state index contributed by atoms with van der Waals surface area (Å²) in [6, 6.07) is 11.1. The van der Waals surface area contributed by atoms with E-state index in [1.54, 1.807) is 24.4 Å². The van der Waals surface area contributed by atoms with Gasteiger partial charge in [-0.1, -0.05) is 29.3 Å². The van der Waals surface area contributed by atoms with Crippen LogP contribution in [0.2, 0.25) is 10.0 Å². The van der Waals surface area contributed by atoms with Crippen LogP contribution < -0.4 is 9.46 Å². The van der Waals surface area contributed by atoms with Crippen LogP contribution in [0.25, 0.3) is 10.9 Å². The van der Waals surface area contributed by atoms with Gasteiger partial charge >= 0.3 is 0 Å². The van der Waals surface area contributed by atoms with Crippen molar-refractivity contribution in [3.8, 4) is 5.75 Å². The number of rotatable bonds is 4. The van der Waals surface area contributed by atoms with Gasteiger partial charge in [-0.05, 0) is 30.3 Å². The Balaban J connectivity index is 2.13. The fourth-order valence-electron chi connectivity index (χ4n) is 2.24. The molecule has 0 aliphatic carbocycles. The highest BCUT2D eigenvalue weighted by Crippen LogP contribution is 2.31. The van der Waals surface area contributed by atoms with E-state index in [4.69, 9.17) is 27.9 Å². The number of nitrogens with zero attached hydrogens (tertiary/aromatic N) is 1. The molecule has 0 radical (unpaired) electrons. The lowest BCUT2D eigenvalue weighted by atomic mass is 10.2. The van der Waals surface area contributed by atoms with Gasteiger partial charge in [-0.2, -0.15) is 0 Å². The van der Waals surface area contributed by atoms with Gasteiger partial charge in [-0.3, -0.25) is 9.71 Å². The highest BCUT2D eigenvalue weighted by molar-refractivity contribution is 7.92. The molecule has 0 amide bonds. The fraction of sp³-hybridized carbons (Fsp3) is 0.0625. The number of ether oxygens (including phenoxy) is 1. The van der Waals surface area contributed by atoms with E-state index in [1.165, 1.54) is 25.3 Å². The van der Waals surface area contributed by atoms with E-state index in [9.17, 15) is 8.42 Å². The zero-order chi connectivity index (χ0) is 17.3. The molecule has 0 bridgehead atoms. The van der Waals surface area contributed by atoms with Gasteiger partial charge in [0, 0.05) is 22.7 Å². The number of aromatic nitrogens is 1. The van der Waals surface area contributed by atoms with Crippen LogP contribution in [0.4, 0.5) is 5.69 Å². The molecule has 0 fully saturated rings. The molecule has 1 N–H and O–H groups in total. The Kier molecular flexibility index (Phi) is 4.54. The minimum Gasteiger partial charge on any atom is -0.497 e. The fourth-order valence-corrected chi connectivity index (χ4v) is 4.06. The molecule has 0 aliphatic heterocycles. The molecule has 8 heteroatoms. The Morgan fingerprint density at radius 2 is 1.92 bits per heavy atom. The highest BCUT2D eigenvalue weighted by Gasteiger charge is 2.20. The first-order valence-corrected chi connectivity index (χ1v) is 9.05. The maximum Gasteiger partial charge on any atom is 0.263 e. The van der Waals surface area contributed by atoms with Gasteiger partial charge in [-0.15, -0.1) is 0 Å². The molecule has 1 heterocycles. The van der Waals surface area contributed by atoms with Crippen molar-refractivity contribution in [2.24, 2.45) is 0 Å². The van der Waals surface area contributed by atoms with E-state index < -0.39 is 10.0 Å². The monoisotopic (exact) mass is 382 g/mol. The highest BCUT2D eigenvalue weighted by atomic mass is 35.5. The molecule has 0 unspecified atom stereocenters. The van der Waals surface area contributed by atoms with Gasteiger partial charge in [0.25, 0.3) is 10.0 Å². The second-order valence-electron chi connectivity index (χ2n) is 4.93. The molecular weight excluding hydrogens is 371 g/mol. The third kappa shape index (κ3) is 3.26. The van der Waals surface area contributed by atoms with Crippen LogP contribution in [0, 0.1) is 0 Å². The van der Waals surface area contributed by atoms with E-state index >= 15 is 0 Å². The normalized spacial score (nSPS) is 11.5. The summed E-state index contributed by atoms with van der Waals surface area (Å²) in [5.74, 6) is 0.505. The number of anilines is 1. The predicted octanol–water partition coefficient (Wildman–Crippen LogP) is 4.35. The van der Waals surface area contributed by atoms with E-state index in [0.29, 0.717) is 17.0 Å². The summed E-state index contributed by atoms with van der Waals surface area (Å²) in [5.41, 5.74) is 0.793. The van der Waals surface area contributed by atoms with Gasteiger partial charge in [-0.25, -0.2) is 8.42 Å². The molecule has 0 saturated carbocycles. The molecule has 2 aromatic carbocycles. The number of halogens is 2. The van der Waals surface area contributed by atoms with Crippen molar-refractivity contribution in [3.63, 3.8) is 0 Å². The first-order valence-electron chi connectivity index (χ1n) is 6.81. The molecule has 0 saturated heterocycles. The minimum atomic E-state index is -3.94. The number of methoxy groups -OCH3 is 1. The Hall–Kier alpha value is -2.02. The molecule has 24 heavy (non-hydrogen) atoms. The van der Waals surface area contributed by atoms with Crippen LogP contribution in [-0.2, 0) is 10.0 Å². The smallest absolute Gasteiger partial charge is 0.263 e. The molecule has 1 aromatic heterocycles. The summed E-state index contributed by atoms with van der Waals surface area (Å²) in [6.07, 6.45) is 1.58. The van der Waals surface area contributed by atoms with Crippen molar-refractivity contribution in [3.05, 3.63) is 58.7 Å². The van der Waals surface area contributed by atoms with Crippen molar-refractivity contribution in [1.82, 2.24) is 4.98 Å². The third-order valence-corrected chi connectivity index (χ3v) is 5.42. The average Bonchev–Trinajstić information content (AvgIpc) is 2.56. The molecule has 124 valence electrons. The number of fused-ring (bicyclic) bond motifs is 1. The number of benzene rings is 2. The Morgan fingerprint density at radius 1 is 1.12 bits per heavy atom. The SMILES string of the molecule is COc1cc(NS(=O)(=O)c2cc(Cl)ccc2Cl)c2ncccc2c1. The molecule has 0 spiro atoms. The van der Waals surface area contributed by atoms with E-state index in [1.807, 2.05) is 6.07 Å². The van der Waals surface area contributed by atoms with E-state index in [0.717, 1.165) is 5.39 Å². The van der Waals surface area contributed by atoms with Crippen LogP contribution in [0.1, 0.15) is 0 Å². The van der Waals surface area contributed by atoms with Gasteiger partial charge in [0.05, 0.1) is 23.3 Å². The van der Waals surface area contributed by atoms with Gasteiger partial charge in [0.2, 0.25) is 0 Å². The number of hydrogen-bond donors (Lipinski definition) is 1. The summed E-state index contributed by atoms with van der Waals surface area (Å²) in [4.78, 5) is 4.13. The van der Waals surface area contributed by atoms with Crippen LogP contribution in [0.15, 0.2) is 53.6 Å². The summed E-state index contributed by atoms with van der Waals surface area (Å²) in [5, 5.41) is 1.09. The second-order valence-corrected chi connectivity index (χ2v) is 7.42.